The number of benzene rings is 1. The lowest BCUT2D eigenvalue weighted by molar-refractivity contribution is -0.132. The second-order valence-electron chi connectivity index (χ2n) is 11.2. The van der Waals surface area contributed by atoms with Gasteiger partial charge in [0.2, 0.25) is 0 Å². The highest BCUT2D eigenvalue weighted by Gasteiger charge is 2.49. The fourth-order valence-electron chi connectivity index (χ4n) is 5.27. The average Bonchev–Trinajstić information content (AvgIpc) is 3.64. The van der Waals surface area contributed by atoms with E-state index in [1.165, 1.54) is 12.0 Å². The summed E-state index contributed by atoms with van der Waals surface area (Å²) < 4.78 is 18.6. The number of amides is 1. The molecule has 1 amide bonds. The second kappa shape index (κ2) is 12.7. The monoisotopic (exact) mass is 632 g/mol. The average molecular weight is 633 g/mol. The van der Waals surface area contributed by atoms with Gasteiger partial charge in [0.25, 0.3) is 5.78 Å². The highest BCUT2D eigenvalue weighted by molar-refractivity contribution is 7.17. The summed E-state index contributed by atoms with van der Waals surface area (Å²) in [6.45, 7) is 11.9. The highest BCUT2D eigenvalue weighted by Crippen LogP contribution is 2.46. The van der Waals surface area contributed by atoms with E-state index >= 15 is 0 Å². The molecule has 1 fully saturated rings. The number of thiazole rings is 1. The molecule has 1 saturated heterocycles. The van der Waals surface area contributed by atoms with E-state index in [0.29, 0.717) is 46.6 Å². The standard InChI is InChI=1S/C33H36N4O7S/c1-8-43-32(41)29-19(5)34-33(45-29)37-26(21-11-12-22(23(16-21)42-7)44-15-13-17(2)3)24(28(39)31(37)40)27(38)25-20(6)36-14-9-10-18(4)30(36)35-25/h9-12,14,16-17,26,38H,8,13,15H2,1-7H3/b27-24+. The Bertz CT molecular complexity index is 1840. The fraction of sp³-hybridized carbons (Fsp3) is 0.364. The first-order chi connectivity index (χ1) is 21.5. The van der Waals surface area contributed by atoms with Gasteiger partial charge in [-0.15, -0.1) is 0 Å². The third-order valence-electron chi connectivity index (χ3n) is 7.66. The SMILES string of the molecule is CCOC(=O)c1sc(N2C(=O)C(=O)/C(=C(/O)c3nc4c(C)cccn4c3C)C2c2ccc(OCCC(C)C)c(OC)c2)nc1C. The van der Waals surface area contributed by atoms with E-state index in [1.54, 1.807) is 39.0 Å². The molecule has 1 unspecified atom stereocenters. The van der Waals surface area contributed by atoms with Crippen molar-refractivity contribution in [3.8, 4) is 11.5 Å². The molecule has 1 aliphatic rings. The van der Waals surface area contributed by atoms with E-state index in [4.69, 9.17) is 14.2 Å². The van der Waals surface area contributed by atoms with Crippen LogP contribution in [0.5, 0.6) is 11.5 Å². The molecule has 0 bridgehead atoms. The van der Waals surface area contributed by atoms with Gasteiger partial charge in [0, 0.05) is 6.20 Å². The number of methoxy groups -OCH3 is 1. The summed E-state index contributed by atoms with van der Waals surface area (Å²) >= 11 is 0.942. The number of ether oxygens (including phenoxy) is 3. The van der Waals surface area contributed by atoms with E-state index in [2.05, 4.69) is 23.8 Å². The Morgan fingerprint density at radius 3 is 2.53 bits per heavy atom. The van der Waals surface area contributed by atoms with Crippen LogP contribution < -0.4 is 14.4 Å². The summed E-state index contributed by atoms with van der Waals surface area (Å²) in [6.07, 6.45) is 2.66. The van der Waals surface area contributed by atoms with Gasteiger partial charge in [-0.1, -0.05) is 37.3 Å². The van der Waals surface area contributed by atoms with Crippen LogP contribution in [0.25, 0.3) is 11.4 Å². The molecule has 236 valence electrons. The van der Waals surface area contributed by atoms with Gasteiger partial charge < -0.3 is 23.7 Å². The predicted octanol–water partition coefficient (Wildman–Crippen LogP) is 5.95. The molecule has 45 heavy (non-hydrogen) atoms. The van der Waals surface area contributed by atoms with Crippen LogP contribution in [0, 0.1) is 26.7 Å². The lowest BCUT2D eigenvalue weighted by Gasteiger charge is -2.24. The first-order valence-corrected chi connectivity index (χ1v) is 15.5. The van der Waals surface area contributed by atoms with Crippen LogP contribution in [0.15, 0.2) is 42.1 Å². The maximum atomic E-state index is 13.8. The molecule has 1 N–H and O–H groups in total. The Labute approximate surface area is 265 Å². The number of hydrogen-bond donors (Lipinski definition) is 1. The van der Waals surface area contributed by atoms with Crippen LogP contribution in [0.3, 0.4) is 0 Å². The molecular weight excluding hydrogens is 596 g/mol. The normalized spacial score (nSPS) is 16.2. The van der Waals surface area contributed by atoms with Gasteiger partial charge in [-0.2, -0.15) is 0 Å². The van der Waals surface area contributed by atoms with Crippen molar-refractivity contribution in [3.05, 3.63) is 75.2 Å². The molecule has 3 aromatic heterocycles. The maximum absolute atomic E-state index is 13.8. The largest absolute Gasteiger partial charge is 0.505 e. The number of esters is 1. The van der Waals surface area contributed by atoms with Crippen molar-refractivity contribution in [2.75, 3.05) is 25.2 Å². The van der Waals surface area contributed by atoms with Crippen molar-refractivity contribution in [2.45, 2.75) is 54.0 Å². The number of carbonyl (C=O) groups excluding carboxylic acids is 3. The summed E-state index contributed by atoms with van der Waals surface area (Å²) in [7, 11) is 1.50. The molecule has 1 aromatic carbocycles. The number of fused-ring (bicyclic) bond motifs is 1. The Morgan fingerprint density at radius 1 is 1.11 bits per heavy atom. The Hall–Kier alpha value is -4.71. The zero-order valence-corrected chi connectivity index (χ0v) is 27.2. The van der Waals surface area contributed by atoms with Crippen LogP contribution in [0.4, 0.5) is 5.13 Å². The number of imidazole rings is 1. The highest BCUT2D eigenvalue weighted by atomic mass is 32.1. The van der Waals surface area contributed by atoms with Crippen molar-refractivity contribution >= 4 is 45.5 Å². The Balaban J connectivity index is 1.70. The van der Waals surface area contributed by atoms with Crippen LogP contribution in [-0.2, 0) is 14.3 Å². The second-order valence-corrected chi connectivity index (χ2v) is 12.1. The Kier molecular flexibility index (Phi) is 8.96. The van der Waals surface area contributed by atoms with Crippen molar-refractivity contribution < 1.29 is 33.7 Å². The summed E-state index contributed by atoms with van der Waals surface area (Å²) in [6, 6.07) is 7.75. The first-order valence-electron chi connectivity index (χ1n) is 14.7. The van der Waals surface area contributed by atoms with Crippen molar-refractivity contribution in [1.29, 1.82) is 0 Å². The topological polar surface area (TPSA) is 133 Å². The van der Waals surface area contributed by atoms with Gasteiger partial charge in [0.05, 0.1) is 43.3 Å². The number of aromatic nitrogens is 3. The summed E-state index contributed by atoms with van der Waals surface area (Å²) in [5.74, 6) is -1.47. The van der Waals surface area contributed by atoms with Crippen LogP contribution in [0.2, 0.25) is 0 Å². The third kappa shape index (κ3) is 5.77. The number of rotatable bonds is 10. The molecule has 0 saturated carbocycles. The minimum atomic E-state index is -1.12. The molecule has 4 aromatic rings. The number of ketones is 1. The molecule has 0 radical (unpaired) electrons. The zero-order chi connectivity index (χ0) is 32.6. The zero-order valence-electron chi connectivity index (χ0n) is 26.3. The van der Waals surface area contributed by atoms with Crippen LogP contribution in [-0.4, -0.2) is 57.5 Å². The van der Waals surface area contributed by atoms with Crippen molar-refractivity contribution in [3.63, 3.8) is 0 Å². The van der Waals surface area contributed by atoms with E-state index in [0.717, 1.165) is 23.3 Å². The number of aliphatic hydroxyl groups is 1. The van der Waals surface area contributed by atoms with Gasteiger partial charge in [-0.3, -0.25) is 14.5 Å². The maximum Gasteiger partial charge on any atom is 0.350 e. The minimum Gasteiger partial charge on any atom is -0.505 e. The van der Waals surface area contributed by atoms with Crippen molar-refractivity contribution in [2.24, 2.45) is 5.92 Å². The third-order valence-corrected chi connectivity index (χ3v) is 8.80. The number of hydrogen-bond acceptors (Lipinski definition) is 10. The summed E-state index contributed by atoms with van der Waals surface area (Å²) in [4.78, 5) is 50.8. The van der Waals surface area contributed by atoms with Crippen LogP contribution >= 0.6 is 11.3 Å². The van der Waals surface area contributed by atoms with Gasteiger partial charge in [0.1, 0.15) is 16.2 Å². The smallest absolute Gasteiger partial charge is 0.350 e. The number of aryl methyl sites for hydroxylation is 3. The summed E-state index contributed by atoms with van der Waals surface area (Å²) in [5, 5.41) is 11.9. The Morgan fingerprint density at radius 2 is 1.87 bits per heavy atom. The van der Waals surface area contributed by atoms with Gasteiger partial charge >= 0.3 is 11.9 Å². The molecular formula is C33H36N4O7S. The molecule has 5 rings (SSSR count). The lowest BCUT2D eigenvalue weighted by atomic mass is 9.96. The molecule has 12 heteroatoms. The molecule has 0 aliphatic carbocycles. The van der Waals surface area contributed by atoms with Gasteiger partial charge in [-0.05, 0) is 69.4 Å². The quantitative estimate of drug-likeness (QED) is 0.0974. The van der Waals surface area contributed by atoms with E-state index in [-0.39, 0.29) is 27.9 Å². The van der Waals surface area contributed by atoms with E-state index < -0.39 is 29.5 Å². The number of nitrogens with zero attached hydrogens (tertiary/aromatic N) is 4. The molecule has 0 spiro atoms. The van der Waals surface area contributed by atoms with E-state index in [1.807, 2.05) is 29.7 Å². The number of aliphatic hydroxyl groups excluding tert-OH is 1. The molecule has 1 atom stereocenters. The van der Waals surface area contributed by atoms with Crippen molar-refractivity contribution in [1.82, 2.24) is 14.4 Å². The molecule has 1 aliphatic heterocycles. The summed E-state index contributed by atoms with van der Waals surface area (Å²) in [5.41, 5.74) is 2.91. The molecule has 11 nitrogen and oxygen atoms in total. The van der Waals surface area contributed by atoms with Gasteiger partial charge in [-0.25, -0.2) is 14.8 Å². The van der Waals surface area contributed by atoms with Gasteiger partial charge in [0.15, 0.2) is 22.4 Å². The fourth-order valence-corrected chi connectivity index (χ4v) is 6.26. The molecule has 4 heterocycles. The minimum absolute atomic E-state index is 0.112. The lowest BCUT2D eigenvalue weighted by Crippen LogP contribution is -2.29. The first kappa shape index (κ1) is 31.7. The number of carbonyl (C=O) groups is 3. The number of Topliss-reactive ketones (excluding diaryl/α,β-unsaturated/α-hetero) is 1. The number of pyridine rings is 1. The van der Waals surface area contributed by atoms with Crippen LogP contribution in [0.1, 0.15) is 71.1 Å². The number of anilines is 1. The predicted molar refractivity (Wildman–Crippen MR) is 170 cm³/mol. The van der Waals surface area contributed by atoms with E-state index in [9.17, 15) is 19.5 Å².